The first-order chi connectivity index (χ1) is 27.3. The number of fused-ring (bicyclic) bond motifs is 5. The number of piperidine rings is 1. The lowest BCUT2D eigenvalue weighted by molar-refractivity contribution is -0.201. The lowest BCUT2D eigenvalue weighted by Gasteiger charge is -2.41. The molecule has 12 nitrogen and oxygen atoms in total. The van der Waals surface area contributed by atoms with E-state index < -0.39 is 48.6 Å². The largest absolute Gasteiger partial charge is 0.508 e. The molecule has 9 rings (SSSR count). The molecular formula is C40H40F5N7O5. The van der Waals surface area contributed by atoms with E-state index in [2.05, 4.69) is 26.1 Å². The maximum atomic E-state index is 17.3. The van der Waals surface area contributed by atoms with Crippen LogP contribution >= 0.6 is 0 Å². The number of methoxy groups -OCH3 is 1. The van der Waals surface area contributed by atoms with Gasteiger partial charge in [0.15, 0.2) is 11.9 Å². The summed E-state index contributed by atoms with van der Waals surface area (Å²) in [6.07, 6.45) is 2.41. The standard InChI is InChI=1S/C40H40F5N7O5/c1-3-26-28(41)7-4-20-11-25(53)12-27(30(20)26)33-32(42)34-31(36(47-33)56-2)35(49-37(48-34)57-19-39(8-9-39)18-50-14-21-10-22(21)15-50)51-16-23-5-6-24(17-51)52(23)38(55)46-13-29(54)40(43,44)45/h1,4,7,11-12,21-24,29,53-54H,5-6,8-10,13-19H2,2H3,(H,46,55). The molecule has 2 aliphatic carbocycles. The third kappa shape index (κ3) is 6.75. The summed E-state index contributed by atoms with van der Waals surface area (Å²) in [5.74, 6) is 2.14. The van der Waals surface area contributed by atoms with Crippen molar-refractivity contribution < 1.29 is 46.4 Å². The van der Waals surface area contributed by atoms with Crippen molar-refractivity contribution >= 4 is 33.5 Å². The van der Waals surface area contributed by atoms with Crippen molar-refractivity contribution in [2.24, 2.45) is 17.3 Å². The van der Waals surface area contributed by atoms with E-state index in [1.54, 1.807) is 0 Å². The van der Waals surface area contributed by atoms with Crippen molar-refractivity contribution in [1.82, 2.24) is 30.1 Å². The zero-order valence-electron chi connectivity index (χ0n) is 31.0. The zero-order valence-corrected chi connectivity index (χ0v) is 31.0. The number of halogens is 5. The first kappa shape index (κ1) is 37.4. The highest BCUT2D eigenvalue weighted by molar-refractivity contribution is 6.04. The molecule has 57 heavy (non-hydrogen) atoms. The number of hydrogen-bond donors (Lipinski definition) is 3. The summed E-state index contributed by atoms with van der Waals surface area (Å²) in [4.78, 5) is 32.9. The SMILES string of the molecule is C#Cc1c(F)ccc2cc(O)cc(-c3nc(OC)c4c(N5CC6CCC(C5)N6C(=O)NCC(O)C(F)(F)F)nc(OCC5(CN6CC7CC7C6)CC5)nc4c3F)c12. The number of nitrogens with one attached hydrogen (secondary N) is 1. The van der Waals surface area contributed by atoms with Gasteiger partial charge in [0.2, 0.25) is 5.88 Å². The van der Waals surface area contributed by atoms with Crippen LogP contribution in [0.3, 0.4) is 0 Å². The molecule has 3 aliphatic heterocycles. The van der Waals surface area contributed by atoms with Crippen LogP contribution in [0.2, 0.25) is 0 Å². The number of ether oxygens (including phenoxy) is 2. The van der Waals surface area contributed by atoms with Crippen LogP contribution in [-0.2, 0) is 0 Å². The van der Waals surface area contributed by atoms with Crippen molar-refractivity contribution in [3.63, 3.8) is 0 Å². The van der Waals surface area contributed by atoms with Gasteiger partial charge in [-0.2, -0.15) is 23.1 Å². The number of piperazine rings is 1. The molecule has 2 amide bonds. The molecule has 5 fully saturated rings. The number of hydrogen-bond acceptors (Lipinski definition) is 10. The molecule has 2 aromatic carbocycles. The first-order valence-electron chi connectivity index (χ1n) is 19.0. The highest BCUT2D eigenvalue weighted by Crippen LogP contribution is 2.51. The van der Waals surface area contributed by atoms with Crippen LogP contribution in [0.1, 0.15) is 37.7 Å². The smallest absolute Gasteiger partial charge is 0.416 e. The van der Waals surface area contributed by atoms with Gasteiger partial charge in [-0.15, -0.1) is 6.42 Å². The number of rotatable bonds is 10. The van der Waals surface area contributed by atoms with Crippen LogP contribution in [0.25, 0.3) is 32.9 Å². The number of aliphatic hydroxyl groups excluding tert-OH is 1. The van der Waals surface area contributed by atoms with E-state index in [4.69, 9.17) is 20.9 Å². The number of anilines is 1. The lowest BCUT2D eigenvalue weighted by Crippen LogP contribution is -2.59. The van der Waals surface area contributed by atoms with E-state index >= 15 is 8.78 Å². The van der Waals surface area contributed by atoms with Gasteiger partial charge >= 0.3 is 18.2 Å². The van der Waals surface area contributed by atoms with Gasteiger partial charge in [0.1, 0.15) is 34.0 Å². The predicted molar refractivity (Wildman–Crippen MR) is 198 cm³/mol. The van der Waals surface area contributed by atoms with Gasteiger partial charge in [-0.3, -0.25) is 0 Å². The number of amides is 2. The molecule has 0 spiro atoms. The van der Waals surface area contributed by atoms with Crippen LogP contribution in [-0.4, -0.2) is 118 Å². The fourth-order valence-electron chi connectivity index (χ4n) is 9.12. The number of aromatic nitrogens is 3. The van der Waals surface area contributed by atoms with Gasteiger partial charge in [-0.1, -0.05) is 12.0 Å². The van der Waals surface area contributed by atoms with Crippen LogP contribution < -0.4 is 19.7 Å². The van der Waals surface area contributed by atoms with Gasteiger partial charge in [-0.25, -0.2) is 18.6 Å². The van der Waals surface area contributed by atoms with Crippen molar-refractivity contribution in [3.8, 4) is 41.2 Å². The third-order valence-corrected chi connectivity index (χ3v) is 12.3. The van der Waals surface area contributed by atoms with Crippen LogP contribution in [0.5, 0.6) is 17.6 Å². The van der Waals surface area contributed by atoms with Crippen LogP contribution in [0.4, 0.5) is 32.6 Å². The topological polar surface area (TPSA) is 136 Å². The molecule has 3 N–H and O–H groups in total. The Morgan fingerprint density at radius 3 is 2.44 bits per heavy atom. The Labute approximate surface area is 324 Å². The molecule has 5 unspecified atom stereocenters. The molecule has 5 atom stereocenters. The number of carbonyl (C=O) groups is 1. The minimum Gasteiger partial charge on any atom is -0.508 e. The Balaban J connectivity index is 1.10. The van der Waals surface area contributed by atoms with Gasteiger partial charge in [0, 0.05) is 49.1 Å². The zero-order chi connectivity index (χ0) is 40.0. The number of phenols is 1. The second-order valence-corrected chi connectivity index (χ2v) is 16.2. The Morgan fingerprint density at radius 2 is 1.79 bits per heavy atom. The predicted octanol–water partition coefficient (Wildman–Crippen LogP) is 5.22. The maximum absolute atomic E-state index is 17.3. The molecule has 17 heteroatoms. The average Bonchev–Trinajstić information content (AvgIpc) is 4.06. The minimum atomic E-state index is -4.89. The number of nitrogens with zero attached hydrogens (tertiary/aromatic N) is 6. The van der Waals surface area contributed by atoms with E-state index in [1.807, 2.05) is 4.90 Å². The molecule has 2 bridgehead atoms. The number of terminal acetylenes is 1. The summed E-state index contributed by atoms with van der Waals surface area (Å²) in [6.45, 7) is 2.69. The average molecular weight is 794 g/mol. The molecular weight excluding hydrogens is 753 g/mol. The van der Waals surface area contributed by atoms with Gasteiger partial charge in [-0.05, 0) is 67.5 Å². The Hall–Kier alpha value is -5.21. The summed E-state index contributed by atoms with van der Waals surface area (Å²) < 4.78 is 83.3. The number of urea groups is 1. The van der Waals surface area contributed by atoms with Crippen LogP contribution in [0, 0.1) is 41.2 Å². The summed E-state index contributed by atoms with van der Waals surface area (Å²) in [5.41, 5.74) is -0.766. The monoisotopic (exact) mass is 793 g/mol. The highest BCUT2D eigenvalue weighted by Gasteiger charge is 2.51. The fourth-order valence-corrected chi connectivity index (χ4v) is 9.12. The van der Waals surface area contributed by atoms with E-state index in [9.17, 15) is 28.2 Å². The summed E-state index contributed by atoms with van der Waals surface area (Å²) in [7, 11) is 1.34. The number of phenolic OH excluding ortho intramolecular Hbond substituents is 1. The summed E-state index contributed by atoms with van der Waals surface area (Å²) in [6, 6.07) is 3.46. The second kappa shape index (κ2) is 13.7. The molecule has 5 heterocycles. The molecule has 4 aromatic rings. The van der Waals surface area contributed by atoms with E-state index in [1.165, 1.54) is 36.6 Å². The highest BCUT2D eigenvalue weighted by atomic mass is 19.4. The Morgan fingerprint density at radius 1 is 1.07 bits per heavy atom. The number of benzene rings is 2. The van der Waals surface area contributed by atoms with E-state index in [0.29, 0.717) is 24.8 Å². The number of likely N-dealkylation sites (tertiary alicyclic amines) is 1. The van der Waals surface area contributed by atoms with Crippen LogP contribution in [0.15, 0.2) is 24.3 Å². The minimum absolute atomic E-state index is 0.00619. The third-order valence-electron chi connectivity index (χ3n) is 12.3. The lowest BCUT2D eigenvalue weighted by atomic mass is 9.95. The van der Waals surface area contributed by atoms with Crippen molar-refractivity contribution in [2.45, 2.75) is 56.5 Å². The van der Waals surface area contributed by atoms with E-state index in [0.717, 1.165) is 50.4 Å². The molecule has 5 aliphatic rings. The van der Waals surface area contributed by atoms with Crippen molar-refractivity contribution in [1.29, 1.82) is 0 Å². The molecule has 2 saturated carbocycles. The fraction of sp³-hybridized carbons (Fsp3) is 0.500. The number of pyridine rings is 1. The number of carbonyl (C=O) groups excluding carboxylic acids is 1. The summed E-state index contributed by atoms with van der Waals surface area (Å²) in [5, 5.41) is 23.0. The van der Waals surface area contributed by atoms with E-state index in [-0.39, 0.29) is 75.1 Å². The molecule has 0 radical (unpaired) electrons. The molecule has 300 valence electrons. The van der Waals surface area contributed by atoms with Crippen molar-refractivity contribution in [3.05, 3.63) is 41.5 Å². The number of alkyl halides is 3. The molecule has 2 aromatic heterocycles. The maximum Gasteiger partial charge on any atom is 0.416 e. The molecule has 3 saturated heterocycles. The summed E-state index contributed by atoms with van der Waals surface area (Å²) >= 11 is 0. The Bertz CT molecular complexity index is 2310. The normalized spacial score (nSPS) is 24.0. The van der Waals surface area contributed by atoms with Gasteiger partial charge in [0.05, 0.1) is 37.9 Å². The van der Waals surface area contributed by atoms with Gasteiger partial charge < -0.3 is 39.7 Å². The number of aliphatic hydroxyl groups is 1. The first-order valence-corrected chi connectivity index (χ1v) is 19.0. The van der Waals surface area contributed by atoms with Crippen molar-refractivity contribution in [2.75, 3.05) is 57.9 Å². The number of aromatic hydroxyl groups is 1. The Kier molecular flexibility index (Phi) is 9.00. The van der Waals surface area contributed by atoms with Gasteiger partial charge in [0.25, 0.3) is 0 Å². The second-order valence-electron chi connectivity index (χ2n) is 16.2. The quantitative estimate of drug-likeness (QED) is 0.145.